The summed E-state index contributed by atoms with van der Waals surface area (Å²) >= 11 is 1.74. The Morgan fingerprint density at radius 1 is 1.23 bits per heavy atom. The molecular weight excluding hydrogens is 418 g/mol. The van der Waals surface area contributed by atoms with Crippen molar-refractivity contribution >= 4 is 32.9 Å². The summed E-state index contributed by atoms with van der Waals surface area (Å²) in [6.45, 7) is 0.0576. The highest BCUT2D eigenvalue weighted by Crippen LogP contribution is 2.38. The molecule has 5 aromatic rings. The number of furan rings is 1. The van der Waals surface area contributed by atoms with Gasteiger partial charge in [0, 0.05) is 10.9 Å². The molecule has 9 nitrogen and oxygen atoms in total. The van der Waals surface area contributed by atoms with Gasteiger partial charge in [0.2, 0.25) is 5.82 Å². The first-order chi connectivity index (χ1) is 15.2. The van der Waals surface area contributed by atoms with E-state index in [0.717, 1.165) is 28.7 Å². The van der Waals surface area contributed by atoms with Gasteiger partial charge >= 0.3 is 5.69 Å². The molecule has 154 valence electrons. The highest BCUT2D eigenvalue weighted by molar-refractivity contribution is 7.19. The fourth-order valence-corrected chi connectivity index (χ4v) is 5.18. The van der Waals surface area contributed by atoms with Gasteiger partial charge in [-0.15, -0.1) is 16.4 Å². The third kappa shape index (κ3) is 2.95. The monoisotopic (exact) mass is 433 g/mol. The van der Waals surface area contributed by atoms with Crippen LogP contribution in [0.15, 0.2) is 47.1 Å². The highest BCUT2D eigenvalue weighted by atomic mass is 32.1. The average molecular weight is 433 g/mol. The molecule has 31 heavy (non-hydrogen) atoms. The van der Waals surface area contributed by atoms with E-state index in [1.165, 1.54) is 22.9 Å². The minimum Gasteiger partial charge on any atom is -0.479 e. The largest absolute Gasteiger partial charge is 0.479 e. The van der Waals surface area contributed by atoms with Gasteiger partial charge in [0.25, 0.3) is 0 Å². The highest BCUT2D eigenvalue weighted by Gasteiger charge is 2.23. The number of ether oxygens (including phenoxy) is 1. The van der Waals surface area contributed by atoms with Gasteiger partial charge in [-0.2, -0.15) is 0 Å². The zero-order valence-electron chi connectivity index (χ0n) is 16.1. The molecule has 0 N–H and O–H groups in total. The van der Waals surface area contributed by atoms with Gasteiger partial charge < -0.3 is 9.15 Å². The SMILES string of the molecule is O=[N+]([O-])c1ccccc1OCc1ccc(-c2nc3c4c5c(sc4ncn3n2)CCC5)o1. The third-order valence-electron chi connectivity index (χ3n) is 5.36. The number of benzene rings is 1. The summed E-state index contributed by atoms with van der Waals surface area (Å²) in [5, 5.41) is 16.7. The lowest BCUT2D eigenvalue weighted by Gasteiger charge is -2.04. The Morgan fingerprint density at radius 3 is 3.03 bits per heavy atom. The smallest absolute Gasteiger partial charge is 0.310 e. The van der Waals surface area contributed by atoms with Crippen LogP contribution in [0.2, 0.25) is 0 Å². The first-order valence-electron chi connectivity index (χ1n) is 9.78. The summed E-state index contributed by atoms with van der Waals surface area (Å²) in [5.41, 5.74) is 2.04. The lowest BCUT2D eigenvalue weighted by atomic mass is 10.2. The quantitative estimate of drug-likeness (QED) is 0.295. The van der Waals surface area contributed by atoms with E-state index in [1.54, 1.807) is 52.5 Å². The van der Waals surface area contributed by atoms with Crippen LogP contribution in [0.1, 0.15) is 22.6 Å². The third-order valence-corrected chi connectivity index (χ3v) is 6.56. The molecule has 0 bridgehead atoms. The second-order valence-corrected chi connectivity index (χ2v) is 8.35. The van der Waals surface area contributed by atoms with E-state index in [4.69, 9.17) is 14.1 Å². The summed E-state index contributed by atoms with van der Waals surface area (Å²) < 4.78 is 13.1. The lowest BCUT2D eigenvalue weighted by molar-refractivity contribution is -0.386. The van der Waals surface area contributed by atoms with E-state index >= 15 is 0 Å². The molecule has 0 amide bonds. The molecule has 0 aliphatic heterocycles. The molecule has 0 saturated carbocycles. The van der Waals surface area contributed by atoms with Crippen LogP contribution >= 0.6 is 11.3 Å². The summed E-state index contributed by atoms with van der Waals surface area (Å²) in [6, 6.07) is 9.77. The van der Waals surface area contributed by atoms with Crippen LogP contribution in [0, 0.1) is 10.1 Å². The molecule has 0 spiro atoms. The molecular formula is C21H15N5O4S. The molecule has 0 saturated heterocycles. The Labute approximate surface area is 179 Å². The number of aromatic nitrogens is 4. The number of hydrogen-bond acceptors (Lipinski definition) is 8. The summed E-state index contributed by atoms with van der Waals surface area (Å²) in [7, 11) is 0. The Balaban J connectivity index is 1.30. The maximum atomic E-state index is 11.1. The van der Waals surface area contributed by atoms with E-state index in [2.05, 4.69) is 10.1 Å². The van der Waals surface area contributed by atoms with Crippen molar-refractivity contribution in [3.63, 3.8) is 0 Å². The van der Waals surface area contributed by atoms with Gasteiger partial charge in [-0.05, 0) is 43.0 Å². The molecule has 0 fully saturated rings. The zero-order valence-corrected chi connectivity index (χ0v) is 17.0. The number of para-hydroxylation sites is 2. The zero-order chi connectivity index (χ0) is 20.9. The van der Waals surface area contributed by atoms with E-state index in [-0.39, 0.29) is 18.0 Å². The van der Waals surface area contributed by atoms with Crippen LogP contribution in [0.25, 0.3) is 27.4 Å². The molecule has 0 unspecified atom stereocenters. The Morgan fingerprint density at radius 2 is 2.13 bits per heavy atom. The van der Waals surface area contributed by atoms with E-state index in [1.807, 2.05) is 0 Å². The second-order valence-electron chi connectivity index (χ2n) is 7.27. The lowest BCUT2D eigenvalue weighted by Crippen LogP contribution is -1.97. The standard InChI is InChI=1S/C21H15N5O4S/c27-26(28)14-5-1-2-6-15(14)29-10-12-8-9-16(30-12)19-23-20-18-13-4-3-7-17(13)31-21(18)22-11-25(20)24-19/h1-2,5-6,8-9,11H,3-4,7,10H2. The number of rotatable bonds is 5. The van der Waals surface area contributed by atoms with Crippen LogP contribution in [0.4, 0.5) is 5.69 Å². The minimum absolute atomic E-state index is 0.0576. The Bertz CT molecular complexity index is 1470. The van der Waals surface area contributed by atoms with Crippen molar-refractivity contribution in [3.8, 4) is 17.3 Å². The van der Waals surface area contributed by atoms with E-state index in [0.29, 0.717) is 17.3 Å². The van der Waals surface area contributed by atoms with Crippen molar-refractivity contribution in [2.24, 2.45) is 0 Å². The number of nitro benzene ring substituents is 1. The molecule has 4 aromatic heterocycles. The number of nitro groups is 1. The summed E-state index contributed by atoms with van der Waals surface area (Å²) in [5.74, 6) is 1.68. The van der Waals surface area contributed by atoms with Crippen molar-refractivity contribution in [2.75, 3.05) is 0 Å². The Hall–Kier alpha value is -3.79. The molecule has 0 atom stereocenters. The maximum Gasteiger partial charge on any atom is 0.310 e. The average Bonchev–Trinajstić information content (AvgIpc) is 3.53. The van der Waals surface area contributed by atoms with Gasteiger partial charge in [-0.1, -0.05) is 12.1 Å². The fourth-order valence-electron chi connectivity index (χ4n) is 3.95. The molecule has 6 rings (SSSR count). The van der Waals surface area contributed by atoms with Crippen molar-refractivity contribution in [2.45, 2.75) is 25.9 Å². The molecule has 10 heteroatoms. The van der Waals surface area contributed by atoms with Crippen LogP contribution in [0.5, 0.6) is 5.75 Å². The number of fused-ring (bicyclic) bond motifs is 5. The second kappa shape index (κ2) is 6.88. The Kier molecular flexibility index (Phi) is 4.00. The minimum atomic E-state index is -0.473. The van der Waals surface area contributed by atoms with E-state index < -0.39 is 4.92 Å². The molecule has 4 heterocycles. The van der Waals surface area contributed by atoms with Gasteiger partial charge in [0.05, 0.1) is 10.3 Å². The first kappa shape index (κ1) is 18.0. The molecule has 1 aliphatic rings. The normalized spacial score (nSPS) is 13.2. The van der Waals surface area contributed by atoms with Crippen LogP contribution in [-0.2, 0) is 19.4 Å². The van der Waals surface area contributed by atoms with Crippen molar-refractivity contribution < 1.29 is 14.1 Å². The molecule has 0 radical (unpaired) electrons. The summed E-state index contributed by atoms with van der Waals surface area (Å²) in [6.07, 6.45) is 5.00. The number of hydrogen-bond donors (Lipinski definition) is 0. The van der Waals surface area contributed by atoms with Gasteiger partial charge in [-0.25, -0.2) is 14.5 Å². The van der Waals surface area contributed by atoms with Gasteiger partial charge in [0.1, 0.15) is 23.5 Å². The van der Waals surface area contributed by atoms with Crippen molar-refractivity contribution in [1.82, 2.24) is 19.6 Å². The predicted molar refractivity (Wildman–Crippen MR) is 113 cm³/mol. The van der Waals surface area contributed by atoms with Gasteiger partial charge in [0.15, 0.2) is 17.2 Å². The number of aryl methyl sites for hydroxylation is 2. The predicted octanol–water partition coefficient (Wildman–Crippen LogP) is 4.57. The van der Waals surface area contributed by atoms with Crippen LogP contribution in [0.3, 0.4) is 0 Å². The van der Waals surface area contributed by atoms with Gasteiger partial charge in [-0.3, -0.25) is 10.1 Å². The molecule has 1 aromatic carbocycles. The maximum absolute atomic E-state index is 11.1. The van der Waals surface area contributed by atoms with Crippen molar-refractivity contribution in [3.05, 3.63) is 69.0 Å². The molecule has 1 aliphatic carbocycles. The number of nitrogens with zero attached hydrogens (tertiary/aromatic N) is 5. The first-order valence-corrected chi connectivity index (χ1v) is 10.6. The number of thiophene rings is 1. The van der Waals surface area contributed by atoms with Crippen molar-refractivity contribution in [1.29, 1.82) is 0 Å². The fraction of sp³-hybridized carbons (Fsp3) is 0.190. The summed E-state index contributed by atoms with van der Waals surface area (Å²) in [4.78, 5) is 22.3. The van der Waals surface area contributed by atoms with Crippen LogP contribution in [-0.4, -0.2) is 24.5 Å². The van der Waals surface area contributed by atoms with E-state index in [9.17, 15) is 10.1 Å². The van der Waals surface area contributed by atoms with Crippen LogP contribution < -0.4 is 4.74 Å². The topological polar surface area (TPSA) is 109 Å².